The van der Waals surface area contributed by atoms with Crippen LogP contribution in [0.3, 0.4) is 0 Å². The standard InChI is InChI=1S/C17H28F6O/c1-3-5-7-9-13(11-16(18,19)20)15(24)14(10-8-6-4-2)12-17(21,22)23/h13-14H,3-12H2,1-2H3. The summed E-state index contributed by atoms with van der Waals surface area (Å²) in [7, 11) is 0. The van der Waals surface area contributed by atoms with Crippen LogP contribution in [-0.4, -0.2) is 18.1 Å². The number of unbranched alkanes of at least 4 members (excludes halogenated alkanes) is 4. The van der Waals surface area contributed by atoms with Crippen molar-refractivity contribution in [3.8, 4) is 0 Å². The molecule has 0 aromatic heterocycles. The van der Waals surface area contributed by atoms with Crippen LogP contribution in [-0.2, 0) is 4.79 Å². The fourth-order valence-electron chi connectivity index (χ4n) is 2.86. The van der Waals surface area contributed by atoms with E-state index < -0.39 is 42.8 Å². The van der Waals surface area contributed by atoms with Crippen molar-refractivity contribution in [2.24, 2.45) is 11.8 Å². The number of Topliss-reactive ketones (excluding diaryl/α,β-unsaturated/α-hetero) is 1. The number of carbonyl (C=O) groups excluding carboxylic acids is 1. The summed E-state index contributed by atoms with van der Waals surface area (Å²) in [6, 6.07) is 0. The number of hydrogen-bond donors (Lipinski definition) is 0. The summed E-state index contributed by atoms with van der Waals surface area (Å²) in [6.45, 7) is 3.75. The molecule has 0 aliphatic heterocycles. The van der Waals surface area contributed by atoms with Crippen molar-refractivity contribution < 1.29 is 31.1 Å². The first-order valence-corrected chi connectivity index (χ1v) is 8.67. The normalized spacial score (nSPS) is 15.3. The Morgan fingerprint density at radius 3 is 1.29 bits per heavy atom. The molecular weight excluding hydrogens is 334 g/mol. The van der Waals surface area contributed by atoms with Crippen molar-refractivity contribution >= 4 is 5.78 Å². The molecule has 0 aliphatic carbocycles. The maximum absolute atomic E-state index is 12.7. The van der Waals surface area contributed by atoms with Crippen LogP contribution >= 0.6 is 0 Å². The van der Waals surface area contributed by atoms with Crippen LogP contribution < -0.4 is 0 Å². The molecule has 7 heteroatoms. The van der Waals surface area contributed by atoms with E-state index in [-0.39, 0.29) is 12.8 Å². The van der Waals surface area contributed by atoms with Gasteiger partial charge in [0.25, 0.3) is 0 Å². The molecule has 0 heterocycles. The highest BCUT2D eigenvalue weighted by atomic mass is 19.4. The van der Waals surface area contributed by atoms with Gasteiger partial charge in [-0.2, -0.15) is 26.3 Å². The Labute approximate surface area is 140 Å². The number of carbonyl (C=O) groups is 1. The van der Waals surface area contributed by atoms with E-state index in [1.165, 1.54) is 0 Å². The van der Waals surface area contributed by atoms with Crippen molar-refractivity contribution in [3.63, 3.8) is 0 Å². The lowest BCUT2D eigenvalue weighted by molar-refractivity contribution is -0.165. The zero-order chi connectivity index (χ0) is 18.8. The van der Waals surface area contributed by atoms with Crippen LogP contribution in [0.4, 0.5) is 26.3 Å². The second-order valence-corrected chi connectivity index (χ2v) is 6.43. The lowest BCUT2D eigenvalue weighted by atomic mass is 9.82. The van der Waals surface area contributed by atoms with Crippen molar-refractivity contribution in [1.82, 2.24) is 0 Å². The molecule has 0 rings (SSSR count). The van der Waals surface area contributed by atoms with Gasteiger partial charge in [-0.15, -0.1) is 0 Å². The molecule has 0 bridgehead atoms. The summed E-state index contributed by atoms with van der Waals surface area (Å²) < 4.78 is 76.3. The van der Waals surface area contributed by atoms with Crippen LogP contribution in [0.2, 0.25) is 0 Å². The van der Waals surface area contributed by atoms with Gasteiger partial charge in [-0.25, -0.2) is 0 Å². The second kappa shape index (κ2) is 11.0. The molecule has 1 nitrogen and oxygen atoms in total. The first kappa shape index (κ1) is 23.2. The molecule has 0 amide bonds. The Bertz CT molecular complexity index is 316. The molecule has 2 unspecified atom stereocenters. The zero-order valence-corrected chi connectivity index (χ0v) is 14.4. The largest absolute Gasteiger partial charge is 0.389 e. The first-order valence-electron chi connectivity index (χ1n) is 8.67. The van der Waals surface area contributed by atoms with Crippen LogP contribution in [0.25, 0.3) is 0 Å². The third kappa shape index (κ3) is 11.7. The summed E-state index contributed by atoms with van der Waals surface area (Å²) in [6.07, 6.45) is -7.98. The number of halogens is 6. The monoisotopic (exact) mass is 362 g/mol. The number of rotatable bonds is 12. The highest BCUT2D eigenvalue weighted by Gasteiger charge is 2.41. The van der Waals surface area contributed by atoms with E-state index in [4.69, 9.17) is 0 Å². The second-order valence-electron chi connectivity index (χ2n) is 6.43. The smallest absolute Gasteiger partial charge is 0.299 e. The lowest BCUT2D eigenvalue weighted by Crippen LogP contribution is -2.31. The summed E-state index contributed by atoms with van der Waals surface area (Å²) in [4.78, 5) is 12.4. The summed E-state index contributed by atoms with van der Waals surface area (Å²) in [5.74, 6) is -3.58. The molecule has 0 saturated heterocycles. The van der Waals surface area contributed by atoms with Gasteiger partial charge in [0, 0.05) is 11.8 Å². The van der Waals surface area contributed by atoms with Gasteiger partial charge in [0.05, 0.1) is 12.8 Å². The fourth-order valence-corrected chi connectivity index (χ4v) is 2.86. The summed E-state index contributed by atoms with van der Waals surface area (Å²) >= 11 is 0. The Kier molecular flexibility index (Phi) is 10.6. The minimum Gasteiger partial charge on any atom is -0.299 e. The topological polar surface area (TPSA) is 17.1 Å². The average molecular weight is 362 g/mol. The van der Waals surface area contributed by atoms with Gasteiger partial charge in [0.1, 0.15) is 5.78 Å². The third-order valence-corrected chi connectivity index (χ3v) is 4.07. The minimum atomic E-state index is -4.54. The molecule has 0 spiro atoms. The number of hydrogen-bond acceptors (Lipinski definition) is 1. The van der Waals surface area contributed by atoms with Crippen molar-refractivity contribution in [1.29, 1.82) is 0 Å². The van der Waals surface area contributed by atoms with Crippen molar-refractivity contribution in [2.75, 3.05) is 0 Å². The molecule has 0 aliphatic rings. The van der Waals surface area contributed by atoms with Crippen LogP contribution in [0.1, 0.15) is 78.1 Å². The Morgan fingerprint density at radius 2 is 1.04 bits per heavy atom. The van der Waals surface area contributed by atoms with Gasteiger partial charge in [-0.05, 0) is 12.8 Å². The van der Waals surface area contributed by atoms with Crippen molar-refractivity contribution in [3.05, 3.63) is 0 Å². The molecule has 0 saturated carbocycles. The molecule has 0 aromatic rings. The van der Waals surface area contributed by atoms with Crippen LogP contribution in [0.5, 0.6) is 0 Å². The predicted octanol–water partition coefficient (Wildman–Crippen LogP) is 6.85. The van der Waals surface area contributed by atoms with Crippen molar-refractivity contribution in [2.45, 2.75) is 90.4 Å². The highest BCUT2D eigenvalue weighted by molar-refractivity contribution is 5.83. The van der Waals surface area contributed by atoms with E-state index in [1.807, 2.05) is 13.8 Å². The lowest BCUT2D eigenvalue weighted by Gasteiger charge is -2.24. The van der Waals surface area contributed by atoms with Gasteiger partial charge >= 0.3 is 12.4 Å². The fraction of sp³-hybridized carbons (Fsp3) is 0.941. The molecule has 144 valence electrons. The van der Waals surface area contributed by atoms with E-state index >= 15 is 0 Å². The van der Waals surface area contributed by atoms with E-state index in [0.717, 1.165) is 12.8 Å². The van der Waals surface area contributed by atoms with Gasteiger partial charge in [0.15, 0.2) is 0 Å². The molecule has 0 N–H and O–H groups in total. The van der Waals surface area contributed by atoms with E-state index in [0.29, 0.717) is 25.7 Å². The van der Waals surface area contributed by atoms with Gasteiger partial charge in [0.2, 0.25) is 0 Å². The molecule has 0 radical (unpaired) electrons. The predicted molar refractivity (Wildman–Crippen MR) is 81.6 cm³/mol. The summed E-state index contributed by atoms with van der Waals surface area (Å²) in [5, 5.41) is 0. The Morgan fingerprint density at radius 1 is 0.708 bits per heavy atom. The van der Waals surface area contributed by atoms with E-state index in [2.05, 4.69) is 0 Å². The highest BCUT2D eigenvalue weighted by Crippen LogP contribution is 2.35. The first-order chi connectivity index (χ1) is 11.0. The van der Waals surface area contributed by atoms with Crippen LogP contribution in [0, 0.1) is 11.8 Å². The zero-order valence-electron chi connectivity index (χ0n) is 14.4. The average Bonchev–Trinajstić information content (AvgIpc) is 2.42. The molecule has 24 heavy (non-hydrogen) atoms. The van der Waals surface area contributed by atoms with Gasteiger partial charge < -0.3 is 0 Å². The molecule has 0 fully saturated rings. The third-order valence-electron chi connectivity index (χ3n) is 4.07. The van der Waals surface area contributed by atoms with E-state index in [9.17, 15) is 31.1 Å². The Balaban J connectivity index is 5.06. The van der Waals surface area contributed by atoms with Gasteiger partial charge in [-0.3, -0.25) is 4.79 Å². The molecule has 2 atom stereocenters. The van der Waals surface area contributed by atoms with E-state index in [1.54, 1.807) is 0 Å². The minimum absolute atomic E-state index is 0.00825. The number of ketones is 1. The van der Waals surface area contributed by atoms with Crippen LogP contribution in [0.15, 0.2) is 0 Å². The Hall–Kier alpha value is -0.750. The maximum atomic E-state index is 12.7. The number of alkyl halides is 6. The molecular formula is C17H28F6O. The SMILES string of the molecule is CCCCCC(CC(F)(F)F)C(=O)C(CCCCC)CC(F)(F)F. The maximum Gasteiger partial charge on any atom is 0.389 e. The quantitative estimate of drug-likeness (QED) is 0.274. The molecule has 0 aromatic carbocycles. The van der Waals surface area contributed by atoms with Gasteiger partial charge in [-0.1, -0.05) is 52.4 Å². The summed E-state index contributed by atoms with van der Waals surface area (Å²) in [5.41, 5.74) is 0.